The maximum absolute atomic E-state index is 5.91. The highest BCUT2D eigenvalue weighted by Gasteiger charge is 2.06. The average Bonchev–Trinajstić information content (AvgIpc) is 2.17. The Bertz CT molecular complexity index is 309. The second-order valence-electron chi connectivity index (χ2n) is 3.47. The van der Waals surface area contributed by atoms with E-state index < -0.39 is 0 Å². The zero-order valence-electron chi connectivity index (χ0n) is 8.63. The van der Waals surface area contributed by atoms with Gasteiger partial charge < -0.3 is 5.32 Å². The molecule has 1 N–H and O–H groups in total. The summed E-state index contributed by atoms with van der Waals surface area (Å²) in [5, 5.41) is 4.18. The highest BCUT2D eigenvalue weighted by Crippen LogP contribution is 2.17. The van der Waals surface area contributed by atoms with Gasteiger partial charge in [0, 0.05) is 17.1 Å². The summed E-state index contributed by atoms with van der Waals surface area (Å²) in [5.74, 6) is 0. The van der Waals surface area contributed by atoms with E-state index in [4.69, 9.17) is 11.6 Å². The van der Waals surface area contributed by atoms with E-state index >= 15 is 0 Å². The highest BCUT2D eigenvalue weighted by molar-refractivity contribution is 6.30. The molecule has 0 fully saturated rings. The zero-order valence-corrected chi connectivity index (χ0v) is 9.38. The van der Waals surface area contributed by atoms with Crippen LogP contribution in [0.25, 0.3) is 0 Å². The molecular formula is C12H16ClN. The first-order chi connectivity index (χ1) is 6.63. The Hall–Kier alpha value is -0.790. The minimum atomic E-state index is 0.293. The Balaban J connectivity index is 2.69. The molecule has 1 nitrogen and oxygen atoms in total. The van der Waals surface area contributed by atoms with Crippen molar-refractivity contribution in [1.29, 1.82) is 0 Å². The van der Waals surface area contributed by atoms with Crippen LogP contribution in [-0.2, 0) is 0 Å². The molecule has 0 saturated carbocycles. The lowest BCUT2D eigenvalue weighted by Crippen LogP contribution is -2.26. The molecule has 0 aromatic heterocycles. The van der Waals surface area contributed by atoms with Gasteiger partial charge in [-0.3, -0.25) is 0 Å². The van der Waals surface area contributed by atoms with Crippen molar-refractivity contribution in [1.82, 2.24) is 5.32 Å². The molecule has 0 aliphatic rings. The molecule has 76 valence electrons. The van der Waals surface area contributed by atoms with Gasteiger partial charge in [-0.1, -0.05) is 29.8 Å². The fraction of sp³-hybridized carbons (Fsp3) is 0.333. The number of hydrogen-bond donors (Lipinski definition) is 1. The molecule has 1 aromatic carbocycles. The topological polar surface area (TPSA) is 12.0 Å². The predicted molar refractivity (Wildman–Crippen MR) is 62.7 cm³/mol. The van der Waals surface area contributed by atoms with Crippen LogP contribution in [0, 0.1) is 0 Å². The second-order valence-corrected chi connectivity index (χ2v) is 3.90. The summed E-state index contributed by atoms with van der Waals surface area (Å²) in [7, 11) is 0. The van der Waals surface area contributed by atoms with Gasteiger partial charge in [-0.05, 0) is 31.5 Å². The van der Waals surface area contributed by atoms with Crippen LogP contribution in [-0.4, -0.2) is 6.04 Å². The molecule has 2 atom stereocenters. The summed E-state index contributed by atoms with van der Waals surface area (Å²) in [6, 6.07) is 8.50. The Morgan fingerprint density at radius 2 is 2.14 bits per heavy atom. The van der Waals surface area contributed by atoms with Crippen LogP contribution in [0.5, 0.6) is 0 Å². The Kier molecular flexibility index (Phi) is 4.18. The third-order valence-corrected chi connectivity index (χ3v) is 2.45. The van der Waals surface area contributed by atoms with Gasteiger partial charge in [0.05, 0.1) is 0 Å². The molecule has 1 rings (SSSR count). The van der Waals surface area contributed by atoms with Crippen LogP contribution in [0.2, 0.25) is 5.02 Å². The Morgan fingerprint density at radius 1 is 1.43 bits per heavy atom. The van der Waals surface area contributed by atoms with E-state index in [1.54, 1.807) is 0 Å². The average molecular weight is 210 g/mol. The van der Waals surface area contributed by atoms with Crippen LogP contribution >= 0.6 is 11.6 Å². The maximum Gasteiger partial charge on any atom is 0.0409 e. The highest BCUT2D eigenvalue weighted by atomic mass is 35.5. The molecule has 0 bridgehead atoms. The lowest BCUT2D eigenvalue weighted by atomic mass is 10.1. The quantitative estimate of drug-likeness (QED) is 0.748. The molecule has 0 heterocycles. The van der Waals surface area contributed by atoms with Gasteiger partial charge in [0.1, 0.15) is 0 Å². The van der Waals surface area contributed by atoms with Gasteiger partial charge in [0.25, 0.3) is 0 Å². The third kappa shape index (κ3) is 3.17. The summed E-state index contributed by atoms with van der Waals surface area (Å²) >= 11 is 5.91. The minimum Gasteiger partial charge on any atom is -0.304 e. The number of hydrogen-bond acceptors (Lipinski definition) is 1. The fourth-order valence-corrected chi connectivity index (χ4v) is 1.53. The molecule has 0 radical (unpaired) electrons. The molecule has 0 aliphatic heterocycles. The van der Waals surface area contributed by atoms with Crippen molar-refractivity contribution in [3.63, 3.8) is 0 Å². The lowest BCUT2D eigenvalue weighted by molar-refractivity contribution is 0.537. The van der Waals surface area contributed by atoms with Crippen molar-refractivity contribution in [2.75, 3.05) is 0 Å². The largest absolute Gasteiger partial charge is 0.304 e. The number of benzene rings is 1. The van der Waals surface area contributed by atoms with Gasteiger partial charge in [0.2, 0.25) is 0 Å². The minimum absolute atomic E-state index is 0.293. The van der Waals surface area contributed by atoms with Gasteiger partial charge in [0.15, 0.2) is 0 Å². The van der Waals surface area contributed by atoms with Crippen molar-refractivity contribution in [3.8, 4) is 0 Å². The SMILES string of the molecule is C=CC(C)N[C@H](C)c1cccc(Cl)c1. The van der Waals surface area contributed by atoms with Crippen LogP contribution in [0.4, 0.5) is 0 Å². The number of rotatable bonds is 4. The lowest BCUT2D eigenvalue weighted by Gasteiger charge is -2.17. The van der Waals surface area contributed by atoms with Gasteiger partial charge in [-0.25, -0.2) is 0 Å². The summed E-state index contributed by atoms with van der Waals surface area (Å²) in [6.07, 6.45) is 1.89. The van der Waals surface area contributed by atoms with E-state index in [9.17, 15) is 0 Å². The molecule has 1 unspecified atom stereocenters. The summed E-state index contributed by atoms with van der Waals surface area (Å²) in [5.41, 5.74) is 1.20. The molecule has 0 aliphatic carbocycles. The standard InChI is InChI=1S/C12H16ClN/c1-4-9(2)14-10(3)11-6-5-7-12(13)8-11/h4-10,14H,1H2,2-3H3/t9?,10-/m1/s1. The maximum atomic E-state index is 5.91. The molecule has 14 heavy (non-hydrogen) atoms. The van der Waals surface area contributed by atoms with E-state index in [1.807, 2.05) is 24.3 Å². The van der Waals surface area contributed by atoms with E-state index in [2.05, 4.69) is 31.8 Å². The van der Waals surface area contributed by atoms with Gasteiger partial charge >= 0.3 is 0 Å². The fourth-order valence-electron chi connectivity index (χ4n) is 1.33. The first-order valence-electron chi connectivity index (χ1n) is 4.77. The smallest absolute Gasteiger partial charge is 0.0409 e. The third-order valence-electron chi connectivity index (χ3n) is 2.22. The Morgan fingerprint density at radius 3 is 2.71 bits per heavy atom. The van der Waals surface area contributed by atoms with Crippen molar-refractivity contribution < 1.29 is 0 Å². The molecule has 1 aromatic rings. The van der Waals surface area contributed by atoms with Crippen LogP contribution in [0.1, 0.15) is 25.5 Å². The molecule has 0 saturated heterocycles. The second kappa shape index (κ2) is 5.18. The predicted octanol–water partition coefficient (Wildman–Crippen LogP) is 3.57. The first-order valence-corrected chi connectivity index (χ1v) is 5.15. The zero-order chi connectivity index (χ0) is 10.6. The van der Waals surface area contributed by atoms with E-state index in [1.165, 1.54) is 5.56 Å². The van der Waals surface area contributed by atoms with Gasteiger partial charge in [-0.2, -0.15) is 0 Å². The molecular weight excluding hydrogens is 194 g/mol. The number of nitrogens with one attached hydrogen (secondary N) is 1. The van der Waals surface area contributed by atoms with Crippen molar-refractivity contribution >= 4 is 11.6 Å². The summed E-state index contributed by atoms with van der Waals surface area (Å²) in [6.45, 7) is 7.93. The van der Waals surface area contributed by atoms with Crippen LogP contribution < -0.4 is 5.32 Å². The van der Waals surface area contributed by atoms with E-state index in [0.717, 1.165) is 5.02 Å². The van der Waals surface area contributed by atoms with Gasteiger partial charge in [-0.15, -0.1) is 6.58 Å². The molecule has 2 heteroatoms. The normalized spacial score (nSPS) is 14.8. The first kappa shape index (κ1) is 11.3. The Labute approximate surface area is 90.8 Å². The molecule has 0 amide bonds. The van der Waals surface area contributed by atoms with Crippen molar-refractivity contribution in [2.24, 2.45) is 0 Å². The van der Waals surface area contributed by atoms with Crippen molar-refractivity contribution in [3.05, 3.63) is 47.5 Å². The van der Waals surface area contributed by atoms with E-state index in [-0.39, 0.29) is 0 Å². The molecule has 0 spiro atoms. The van der Waals surface area contributed by atoms with Crippen LogP contribution in [0.15, 0.2) is 36.9 Å². The summed E-state index contributed by atoms with van der Waals surface area (Å²) < 4.78 is 0. The summed E-state index contributed by atoms with van der Waals surface area (Å²) in [4.78, 5) is 0. The van der Waals surface area contributed by atoms with Crippen LogP contribution in [0.3, 0.4) is 0 Å². The number of halogens is 1. The van der Waals surface area contributed by atoms with E-state index in [0.29, 0.717) is 12.1 Å². The van der Waals surface area contributed by atoms with Crippen molar-refractivity contribution in [2.45, 2.75) is 25.9 Å². The monoisotopic (exact) mass is 209 g/mol.